The number of benzene rings is 1. The van der Waals surface area contributed by atoms with Crippen LogP contribution in [-0.2, 0) is 0 Å². The molecule has 0 unspecified atom stereocenters. The number of ether oxygens (including phenoxy) is 2. The molecule has 128 valence electrons. The third kappa shape index (κ3) is 4.43. The number of methoxy groups -OCH3 is 1. The summed E-state index contributed by atoms with van der Waals surface area (Å²) in [5.41, 5.74) is 0.724. The number of aromatic nitrogens is 2. The van der Waals surface area contributed by atoms with Crippen molar-refractivity contribution in [3.05, 3.63) is 50.1 Å². The minimum absolute atomic E-state index is 0.0643. The highest BCUT2D eigenvalue weighted by Crippen LogP contribution is 2.32. The van der Waals surface area contributed by atoms with Crippen LogP contribution in [0.4, 0.5) is 0 Å². The quantitative estimate of drug-likeness (QED) is 0.544. The Morgan fingerprint density at radius 3 is 2.80 bits per heavy atom. The predicted molar refractivity (Wildman–Crippen MR) is 97.8 cm³/mol. The molecule has 0 radical (unpaired) electrons. The van der Waals surface area contributed by atoms with Gasteiger partial charge in [-0.25, -0.2) is 0 Å². The van der Waals surface area contributed by atoms with Crippen LogP contribution in [0.25, 0.3) is 12.2 Å². The SMILES string of the molecule is COc1cccc(/C=C/c2[nH]c(=S)[nH]c(=O)c2C#N)c1OCC(C)=N. The smallest absolute Gasteiger partial charge is 0.270 e. The van der Waals surface area contributed by atoms with Crippen molar-refractivity contribution in [1.29, 1.82) is 10.7 Å². The lowest BCUT2D eigenvalue weighted by atomic mass is 10.1. The Kier molecular flexibility index (Phi) is 5.87. The topological polar surface area (TPSA) is 115 Å². The van der Waals surface area contributed by atoms with Gasteiger partial charge in [-0.15, -0.1) is 0 Å². The Morgan fingerprint density at radius 1 is 1.40 bits per heavy atom. The first-order chi connectivity index (χ1) is 12.0. The Balaban J connectivity index is 2.49. The Labute approximate surface area is 149 Å². The summed E-state index contributed by atoms with van der Waals surface area (Å²) in [4.78, 5) is 16.9. The van der Waals surface area contributed by atoms with Gasteiger partial charge in [0.05, 0.1) is 12.8 Å². The van der Waals surface area contributed by atoms with Gasteiger partial charge < -0.3 is 19.9 Å². The lowest BCUT2D eigenvalue weighted by Crippen LogP contribution is -2.13. The highest BCUT2D eigenvalue weighted by Gasteiger charge is 2.10. The van der Waals surface area contributed by atoms with Crippen molar-refractivity contribution in [2.24, 2.45) is 0 Å². The van der Waals surface area contributed by atoms with Crippen molar-refractivity contribution < 1.29 is 9.47 Å². The highest BCUT2D eigenvalue weighted by molar-refractivity contribution is 7.71. The van der Waals surface area contributed by atoms with Gasteiger partial charge in [0.15, 0.2) is 16.3 Å². The van der Waals surface area contributed by atoms with E-state index in [4.69, 9.17) is 32.4 Å². The third-order valence-electron chi connectivity index (χ3n) is 3.18. The molecule has 2 rings (SSSR count). The first-order valence-electron chi connectivity index (χ1n) is 7.25. The van der Waals surface area contributed by atoms with E-state index in [1.54, 1.807) is 37.3 Å². The summed E-state index contributed by atoms with van der Waals surface area (Å²) in [5.74, 6) is 0.984. The molecule has 0 amide bonds. The predicted octanol–water partition coefficient (Wildman–Crippen LogP) is 2.90. The molecule has 0 aliphatic carbocycles. The second-order valence-electron chi connectivity index (χ2n) is 5.09. The van der Waals surface area contributed by atoms with Crippen LogP contribution in [0.1, 0.15) is 23.7 Å². The van der Waals surface area contributed by atoms with E-state index in [1.807, 2.05) is 6.07 Å². The molecule has 2 aromatic rings. The van der Waals surface area contributed by atoms with E-state index in [9.17, 15) is 4.79 Å². The second-order valence-corrected chi connectivity index (χ2v) is 5.50. The van der Waals surface area contributed by atoms with Gasteiger partial charge in [-0.1, -0.05) is 12.1 Å². The maximum Gasteiger partial charge on any atom is 0.270 e. The Hall–Kier alpha value is -3.18. The van der Waals surface area contributed by atoms with Crippen LogP contribution in [0.3, 0.4) is 0 Å². The Morgan fingerprint density at radius 2 is 2.16 bits per heavy atom. The number of rotatable bonds is 6. The van der Waals surface area contributed by atoms with Gasteiger partial charge in [-0.05, 0) is 37.4 Å². The lowest BCUT2D eigenvalue weighted by Gasteiger charge is -2.13. The fourth-order valence-corrected chi connectivity index (χ4v) is 2.28. The molecule has 3 N–H and O–H groups in total. The molecule has 1 aromatic carbocycles. The fourth-order valence-electron chi connectivity index (χ4n) is 2.07. The molecule has 0 saturated heterocycles. The van der Waals surface area contributed by atoms with Crippen LogP contribution < -0.4 is 15.0 Å². The number of para-hydroxylation sites is 1. The lowest BCUT2D eigenvalue weighted by molar-refractivity contribution is 0.333. The first kappa shape index (κ1) is 18.2. The van der Waals surface area contributed by atoms with Gasteiger partial charge in [0.2, 0.25) is 0 Å². The Bertz CT molecular complexity index is 983. The first-order valence-corrected chi connectivity index (χ1v) is 7.65. The molecule has 0 aliphatic rings. The fraction of sp³-hybridized carbons (Fsp3) is 0.176. The summed E-state index contributed by atoms with van der Waals surface area (Å²) in [6.45, 7) is 1.76. The van der Waals surface area contributed by atoms with Crippen molar-refractivity contribution >= 4 is 30.1 Å². The molecule has 0 atom stereocenters. The minimum Gasteiger partial charge on any atom is -0.493 e. The molecule has 1 heterocycles. The molecule has 0 aliphatic heterocycles. The normalized spacial score (nSPS) is 10.4. The molecule has 8 heteroatoms. The number of aromatic amines is 2. The number of hydrogen-bond donors (Lipinski definition) is 3. The number of nitrogens with zero attached hydrogens (tertiary/aromatic N) is 1. The van der Waals surface area contributed by atoms with Crippen molar-refractivity contribution in [3.8, 4) is 17.6 Å². The molecule has 0 saturated carbocycles. The number of nitrogens with one attached hydrogen (secondary N) is 3. The van der Waals surface area contributed by atoms with Gasteiger partial charge in [0.25, 0.3) is 5.56 Å². The van der Waals surface area contributed by atoms with Crippen molar-refractivity contribution in [3.63, 3.8) is 0 Å². The van der Waals surface area contributed by atoms with Gasteiger partial charge in [-0.2, -0.15) is 5.26 Å². The van der Waals surface area contributed by atoms with Crippen LogP contribution >= 0.6 is 12.2 Å². The summed E-state index contributed by atoms with van der Waals surface area (Å²) in [6.07, 6.45) is 3.25. The molecule has 0 spiro atoms. The van der Waals surface area contributed by atoms with E-state index in [2.05, 4.69) is 9.97 Å². The van der Waals surface area contributed by atoms with Crippen LogP contribution in [0, 0.1) is 21.5 Å². The summed E-state index contributed by atoms with van der Waals surface area (Å²) in [6, 6.07) is 7.17. The van der Waals surface area contributed by atoms with Crippen molar-refractivity contribution in [2.75, 3.05) is 13.7 Å². The zero-order valence-corrected chi connectivity index (χ0v) is 14.5. The zero-order valence-electron chi connectivity index (χ0n) is 13.7. The van der Waals surface area contributed by atoms with Gasteiger partial charge in [0.1, 0.15) is 18.2 Å². The molecule has 25 heavy (non-hydrogen) atoms. The average Bonchev–Trinajstić information content (AvgIpc) is 2.57. The molecule has 0 bridgehead atoms. The molecule has 7 nitrogen and oxygen atoms in total. The molecule has 0 fully saturated rings. The van der Waals surface area contributed by atoms with Gasteiger partial charge in [0, 0.05) is 11.3 Å². The zero-order chi connectivity index (χ0) is 18.4. The second kappa shape index (κ2) is 8.08. The monoisotopic (exact) mass is 356 g/mol. The minimum atomic E-state index is -0.549. The summed E-state index contributed by atoms with van der Waals surface area (Å²) >= 11 is 4.94. The van der Waals surface area contributed by atoms with Gasteiger partial charge in [-0.3, -0.25) is 9.78 Å². The maximum absolute atomic E-state index is 11.8. The van der Waals surface area contributed by atoms with Crippen molar-refractivity contribution in [2.45, 2.75) is 6.92 Å². The van der Waals surface area contributed by atoms with E-state index >= 15 is 0 Å². The van der Waals surface area contributed by atoms with E-state index in [0.29, 0.717) is 28.5 Å². The summed E-state index contributed by atoms with van der Waals surface area (Å²) in [5, 5.41) is 16.6. The summed E-state index contributed by atoms with van der Waals surface area (Å²) in [7, 11) is 1.52. The van der Waals surface area contributed by atoms with E-state index in [0.717, 1.165) is 0 Å². The van der Waals surface area contributed by atoms with Crippen molar-refractivity contribution in [1.82, 2.24) is 9.97 Å². The highest BCUT2D eigenvalue weighted by atomic mass is 32.1. The van der Waals surface area contributed by atoms with E-state index in [-0.39, 0.29) is 16.9 Å². The summed E-state index contributed by atoms with van der Waals surface area (Å²) < 4.78 is 11.1. The molecule has 1 aromatic heterocycles. The average molecular weight is 356 g/mol. The molecular formula is C17H16N4O3S. The van der Waals surface area contributed by atoms with Gasteiger partial charge >= 0.3 is 0 Å². The van der Waals surface area contributed by atoms with E-state index < -0.39 is 5.56 Å². The standard InChI is InChI=1S/C17H16N4O3S/c1-10(19)9-24-15-11(4-3-5-14(15)23-2)6-7-13-12(8-18)16(22)21-17(25)20-13/h3-7,19H,9H2,1-2H3,(H2,20,21,22,25)/b7-6+,19-10?. The maximum atomic E-state index is 11.8. The van der Waals surface area contributed by atoms with Crippen LogP contribution in [0.15, 0.2) is 23.0 Å². The van der Waals surface area contributed by atoms with E-state index in [1.165, 1.54) is 7.11 Å². The molecular weight excluding hydrogens is 340 g/mol. The van der Waals surface area contributed by atoms with Crippen LogP contribution in [0.5, 0.6) is 11.5 Å². The van der Waals surface area contributed by atoms with Crippen LogP contribution in [0.2, 0.25) is 0 Å². The number of H-pyrrole nitrogens is 2. The number of nitriles is 1. The third-order valence-corrected chi connectivity index (χ3v) is 3.38. The number of hydrogen-bond acceptors (Lipinski definition) is 6. The largest absolute Gasteiger partial charge is 0.493 e. The van der Waals surface area contributed by atoms with Crippen LogP contribution in [-0.4, -0.2) is 29.4 Å².